The zero-order valence-electron chi connectivity index (χ0n) is 11.6. The zero-order valence-corrected chi connectivity index (χ0v) is 12.4. The van der Waals surface area contributed by atoms with Crippen LogP contribution < -0.4 is 5.32 Å². The van der Waals surface area contributed by atoms with Crippen molar-refractivity contribution in [3.63, 3.8) is 0 Å². The number of hydrogen-bond acceptors (Lipinski definition) is 3. The molecule has 0 radical (unpaired) electrons. The van der Waals surface area contributed by atoms with Crippen molar-refractivity contribution in [2.24, 2.45) is 0 Å². The Morgan fingerprint density at radius 2 is 2.10 bits per heavy atom. The number of rotatable bonds is 2. The average molecular weight is 301 g/mol. The average Bonchev–Trinajstić information content (AvgIpc) is 2.81. The molecule has 0 saturated carbocycles. The van der Waals surface area contributed by atoms with Gasteiger partial charge >= 0.3 is 0 Å². The van der Waals surface area contributed by atoms with Gasteiger partial charge in [0.2, 0.25) is 0 Å². The van der Waals surface area contributed by atoms with E-state index in [1.165, 1.54) is 0 Å². The van der Waals surface area contributed by atoms with E-state index in [0.29, 0.717) is 33.3 Å². The Bertz CT molecular complexity index is 839. The lowest BCUT2D eigenvalue weighted by atomic mass is 10.1. The van der Waals surface area contributed by atoms with E-state index in [9.17, 15) is 4.79 Å². The van der Waals surface area contributed by atoms with Crippen LogP contribution in [0.15, 0.2) is 40.9 Å². The number of carbonyl (C=O) groups excluding carboxylic acids is 1. The summed E-state index contributed by atoms with van der Waals surface area (Å²) in [5.41, 5.74) is 1.86. The van der Waals surface area contributed by atoms with Crippen molar-refractivity contribution in [1.29, 1.82) is 0 Å². The van der Waals surface area contributed by atoms with Gasteiger partial charge in [0.05, 0.1) is 21.8 Å². The van der Waals surface area contributed by atoms with E-state index in [-0.39, 0.29) is 5.91 Å². The number of fused-ring (bicyclic) bond motifs is 1. The number of pyridine rings is 1. The van der Waals surface area contributed by atoms with Crippen molar-refractivity contribution < 1.29 is 9.21 Å². The van der Waals surface area contributed by atoms with Gasteiger partial charge in [0.15, 0.2) is 0 Å². The molecule has 5 heteroatoms. The van der Waals surface area contributed by atoms with Crippen LogP contribution in [0.2, 0.25) is 5.02 Å². The number of amides is 1. The fourth-order valence-electron chi connectivity index (χ4n) is 2.29. The lowest BCUT2D eigenvalue weighted by Crippen LogP contribution is -2.12. The predicted octanol–water partition coefficient (Wildman–Crippen LogP) is 4.35. The van der Waals surface area contributed by atoms with E-state index >= 15 is 0 Å². The number of furan rings is 1. The monoisotopic (exact) mass is 300 g/mol. The normalized spacial score (nSPS) is 10.8. The summed E-state index contributed by atoms with van der Waals surface area (Å²) in [5, 5.41) is 4.24. The highest BCUT2D eigenvalue weighted by molar-refractivity contribution is 6.35. The van der Waals surface area contributed by atoms with Crippen LogP contribution in [0.1, 0.15) is 21.9 Å². The number of aromatic nitrogens is 1. The Labute approximate surface area is 126 Å². The van der Waals surface area contributed by atoms with E-state index in [2.05, 4.69) is 10.3 Å². The molecule has 0 saturated heterocycles. The van der Waals surface area contributed by atoms with Gasteiger partial charge in [0.1, 0.15) is 11.5 Å². The molecule has 1 amide bonds. The van der Waals surface area contributed by atoms with Crippen molar-refractivity contribution in [1.82, 2.24) is 4.98 Å². The molecule has 1 aromatic carbocycles. The smallest absolute Gasteiger partial charge is 0.259 e. The van der Waals surface area contributed by atoms with Crippen molar-refractivity contribution >= 4 is 34.1 Å². The summed E-state index contributed by atoms with van der Waals surface area (Å²) in [4.78, 5) is 16.6. The van der Waals surface area contributed by atoms with Gasteiger partial charge in [-0.25, -0.2) is 0 Å². The molecule has 0 aliphatic carbocycles. The number of benzene rings is 1. The summed E-state index contributed by atoms with van der Waals surface area (Å²) in [5.74, 6) is 1.10. The number of carbonyl (C=O) groups is 1. The van der Waals surface area contributed by atoms with Gasteiger partial charge in [-0.15, -0.1) is 0 Å². The van der Waals surface area contributed by atoms with Crippen LogP contribution in [0.25, 0.3) is 10.9 Å². The SMILES string of the molecule is Cc1cc(C(=O)Nc2ccc(Cl)c3ncccc23)c(C)o1. The third kappa shape index (κ3) is 2.50. The highest BCUT2D eigenvalue weighted by Gasteiger charge is 2.15. The number of nitrogens with one attached hydrogen (secondary N) is 1. The molecule has 1 N–H and O–H groups in total. The molecule has 0 unspecified atom stereocenters. The summed E-state index contributed by atoms with van der Waals surface area (Å²) in [6.45, 7) is 3.58. The molecule has 21 heavy (non-hydrogen) atoms. The molecule has 3 rings (SSSR count). The second-order valence-corrected chi connectivity index (χ2v) is 5.18. The van der Waals surface area contributed by atoms with Crippen molar-refractivity contribution in [2.75, 3.05) is 5.32 Å². The first-order chi connectivity index (χ1) is 10.1. The Kier molecular flexibility index (Phi) is 3.39. The van der Waals surface area contributed by atoms with Gasteiger partial charge < -0.3 is 9.73 Å². The Morgan fingerprint density at radius 3 is 2.81 bits per heavy atom. The molecule has 0 aliphatic rings. The van der Waals surface area contributed by atoms with Crippen LogP contribution in [-0.4, -0.2) is 10.9 Å². The fraction of sp³-hybridized carbons (Fsp3) is 0.125. The Hall–Kier alpha value is -2.33. The zero-order chi connectivity index (χ0) is 15.0. The van der Waals surface area contributed by atoms with Crippen molar-refractivity contribution in [3.05, 3.63) is 58.6 Å². The van der Waals surface area contributed by atoms with E-state index in [1.54, 1.807) is 31.3 Å². The van der Waals surface area contributed by atoms with Crippen LogP contribution >= 0.6 is 11.6 Å². The molecule has 0 aliphatic heterocycles. The molecule has 2 heterocycles. The fourth-order valence-corrected chi connectivity index (χ4v) is 2.51. The second kappa shape index (κ2) is 5.22. The van der Waals surface area contributed by atoms with Crippen LogP contribution in [0.5, 0.6) is 0 Å². The first-order valence-electron chi connectivity index (χ1n) is 6.48. The number of halogens is 1. The van der Waals surface area contributed by atoms with Gasteiger partial charge in [-0.3, -0.25) is 9.78 Å². The number of nitrogens with zero attached hydrogens (tertiary/aromatic N) is 1. The molecule has 4 nitrogen and oxygen atoms in total. The first kappa shape index (κ1) is 13.6. The van der Waals surface area contributed by atoms with Crippen LogP contribution in [0, 0.1) is 13.8 Å². The van der Waals surface area contributed by atoms with Gasteiger partial charge in [0.25, 0.3) is 5.91 Å². The summed E-state index contributed by atoms with van der Waals surface area (Å²) in [6.07, 6.45) is 1.67. The molecule has 0 bridgehead atoms. The lowest BCUT2D eigenvalue weighted by Gasteiger charge is -2.08. The highest BCUT2D eigenvalue weighted by atomic mass is 35.5. The number of hydrogen-bond donors (Lipinski definition) is 1. The van der Waals surface area contributed by atoms with E-state index in [1.807, 2.05) is 19.1 Å². The largest absolute Gasteiger partial charge is 0.466 e. The summed E-state index contributed by atoms with van der Waals surface area (Å²) in [6, 6.07) is 8.90. The van der Waals surface area contributed by atoms with Crippen molar-refractivity contribution in [2.45, 2.75) is 13.8 Å². The third-order valence-electron chi connectivity index (χ3n) is 3.25. The minimum Gasteiger partial charge on any atom is -0.466 e. The van der Waals surface area contributed by atoms with E-state index in [4.69, 9.17) is 16.0 Å². The maximum atomic E-state index is 12.4. The molecule has 0 spiro atoms. The standard InChI is InChI=1S/C16H13ClN2O2/c1-9-8-12(10(2)21-9)16(20)19-14-6-5-13(17)15-11(14)4-3-7-18-15/h3-8H,1-2H3,(H,19,20). The van der Waals surface area contributed by atoms with Gasteiger partial charge in [-0.1, -0.05) is 11.6 Å². The summed E-state index contributed by atoms with van der Waals surface area (Å²) < 4.78 is 5.39. The predicted molar refractivity (Wildman–Crippen MR) is 82.9 cm³/mol. The van der Waals surface area contributed by atoms with Crippen LogP contribution in [-0.2, 0) is 0 Å². The summed E-state index contributed by atoms with van der Waals surface area (Å²) in [7, 11) is 0. The minimum absolute atomic E-state index is 0.211. The minimum atomic E-state index is -0.211. The number of anilines is 1. The quantitative estimate of drug-likeness (QED) is 0.765. The molecular weight excluding hydrogens is 288 g/mol. The maximum Gasteiger partial charge on any atom is 0.259 e. The Balaban J connectivity index is 2.01. The second-order valence-electron chi connectivity index (χ2n) is 4.78. The van der Waals surface area contributed by atoms with Gasteiger partial charge in [-0.2, -0.15) is 0 Å². The maximum absolute atomic E-state index is 12.4. The topological polar surface area (TPSA) is 55.1 Å². The Morgan fingerprint density at radius 1 is 1.29 bits per heavy atom. The van der Waals surface area contributed by atoms with Crippen LogP contribution in [0.3, 0.4) is 0 Å². The van der Waals surface area contributed by atoms with Gasteiger partial charge in [0, 0.05) is 11.6 Å². The summed E-state index contributed by atoms with van der Waals surface area (Å²) >= 11 is 6.12. The molecule has 3 aromatic rings. The molecular formula is C16H13ClN2O2. The van der Waals surface area contributed by atoms with E-state index in [0.717, 1.165) is 5.39 Å². The number of aryl methyl sites for hydroxylation is 2. The van der Waals surface area contributed by atoms with Crippen LogP contribution in [0.4, 0.5) is 5.69 Å². The molecule has 106 valence electrons. The lowest BCUT2D eigenvalue weighted by molar-refractivity contribution is 0.102. The highest BCUT2D eigenvalue weighted by Crippen LogP contribution is 2.28. The third-order valence-corrected chi connectivity index (χ3v) is 3.56. The first-order valence-corrected chi connectivity index (χ1v) is 6.85. The van der Waals surface area contributed by atoms with E-state index < -0.39 is 0 Å². The molecule has 0 fully saturated rings. The molecule has 0 atom stereocenters. The van der Waals surface area contributed by atoms with Gasteiger partial charge in [-0.05, 0) is 44.2 Å². The van der Waals surface area contributed by atoms with Crippen molar-refractivity contribution in [3.8, 4) is 0 Å². The molecule has 2 aromatic heterocycles.